The number of carbonyl (C=O) groups is 1. The lowest BCUT2D eigenvalue weighted by Gasteiger charge is -2.38. The molecule has 1 amide bonds. The molecule has 1 atom stereocenters. The van der Waals surface area contributed by atoms with Gasteiger partial charge in [0.05, 0.1) is 16.7 Å². The lowest BCUT2D eigenvalue weighted by atomic mass is 9.75. The monoisotopic (exact) mass is 330 g/mol. The van der Waals surface area contributed by atoms with Crippen molar-refractivity contribution in [1.82, 2.24) is 10.3 Å². The van der Waals surface area contributed by atoms with Gasteiger partial charge in [0.2, 0.25) is 0 Å². The predicted octanol–water partition coefficient (Wildman–Crippen LogP) is 2.85. The molecule has 1 aromatic heterocycles. The highest BCUT2D eigenvalue weighted by atomic mass is 35.5. The van der Waals surface area contributed by atoms with Gasteiger partial charge in [-0.3, -0.25) is 9.78 Å². The molecule has 1 unspecified atom stereocenters. The number of pyridine rings is 1. The molecule has 0 aliphatic heterocycles. The number of hydrogen-bond donors (Lipinski definition) is 2. The Labute approximate surface area is 140 Å². The summed E-state index contributed by atoms with van der Waals surface area (Å²) in [6.45, 7) is 0. The fourth-order valence-corrected chi connectivity index (χ4v) is 3.17. The molecule has 5 heteroatoms. The van der Waals surface area contributed by atoms with Gasteiger partial charge >= 0.3 is 0 Å². The van der Waals surface area contributed by atoms with Gasteiger partial charge in [0.25, 0.3) is 5.91 Å². The number of rotatable bonds is 5. The van der Waals surface area contributed by atoms with Crippen molar-refractivity contribution < 1.29 is 9.90 Å². The molecule has 0 saturated heterocycles. The molecule has 2 N–H and O–H groups in total. The largest absolute Gasteiger partial charge is 0.393 e. The Morgan fingerprint density at radius 1 is 1.30 bits per heavy atom. The maximum Gasteiger partial charge on any atom is 0.253 e. The van der Waals surface area contributed by atoms with Crippen molar-refractivity contribution in [1.29, 1.82) is 0 Å². The number of hydrogen-bond acceptors (Lipinski definition) is 3. The topological polar surface area (TPSA) is 62.2 Å². The molecule has 3 rings (SSSR count). The smallest absolute Gasteiger partial charge is 0.253 e. The number of aliphatic hydroxyl groups is 1. The third kappa shape index (κ3) is 3.89. The Morgan fingerprint density at radius 2 is 2.04 bits per heavy atom. The number of halogens is 1. The van der Waals surface area contributed by atoms with E-state index in [1.807, 2.05) is 30.3 Å². The number of amides is 1. The predicted molar refractivity (Wildman–Crippen MR) is 89.4 cm³/mol. The minimum absolute atomic E-state index is 0.0162. The third-order valence-electron chi connectivity index (χ3n) is 4.35. The molecule has 2 aromatic rings. The molecule has 1 fully saturated rings. The van der Waals surface area contributed by atoms with Crippen LogP contribution in [-0.4, -0.2) is 28.1 Å². The van der Waals surface area contributed by atoms with E-state index in [2.05, 4.69) is 10.3 Å². The van der Waals surface area contributed by atoms with E-state index in [-0.39, 0.29) is 24.0 Å². The van der Waals surface area contributed by atoms with Gasteiger partial charge in [-0.05, 0) is 36.8 Å². The summed E-state index contributed by atoms with van der Waals surface area (Å²) in [6.07, 6.45) is 4.96. The number of carbonyl (C=O) groups excluding carboxylic acids is 1. The Kier molecular flexibility index (Phi) is 4.94. The van der Waals surface area contributed by atoms with Crippen molar-refractivity contribution in [2.75, 3.05) is 0 Å². The number of aliphatic hydroxyl groups excluding tert-OH is 1. The SMILES string of the molecule is O=C(NC(Cc1ccccc1)C1CC(O)C1)c1ccncc1Cl. The fraction of sp³-hybridized carbons (Fsp3) is 0.333. The van der Waals surface area contributed by atoms with Crippen LogP contribution < -0.4 is 5.32 Å². The van der Waals surface area contributed by atoms with E-state index >= 15 is 0 Å². The quantitative estimate of drug-likeness (QED) is 0.886. The molecule has 0 spiro atoms. The first-order valence-corrected chi connectivity index (χ1v) is 8.13. The van der Waals surface area contributed by atoms with Crippen LogP contribution in [0.15, 0.2) is 48.8 Å². The summed E-state index contributed by atoms with van der Waals surface area (Å²) < 4.78 is 0. The summed E-state index contributed by atoms with van der Waals surface area (Å²) in [5, 5.41) is 13.0. The van der Waals surface area contributed by atoms with Crippen molar-refractivity contribution in [3.63, 3.8) is 0 Å². The fourth-order valence-electron chi connectivity index (χ4n) is 2.97. The Bertz CT molecular complexity index is 672. The second-order valence-corrected chi connectivity index (χ2v) is 6.42. The molecule has 4 nitrogen and oxygen atoms in total. The molecular weight excluding hydrogens is 312 g/mol. The van der Waals surface area contributed by atoms with E-state index in [9.17, 15) is 9.90 Å². The highest BCUT2D eigenvalue weighted by Crippen LogP contribution is 2.32. The molecule has 1 heterocycles. The lowest BCUT2D eigenvalue weighted by molar-refractivity contribution is 0.0239. The highest BCUT2D eigenvalue weighted by Gasteiger charge is 2.35. The maximum atomic E-state index is 12.5. The standard InChI is InChI=1S/C18H19ClN2O2/c19-16-11-20-7-6-15(16)18(23)21-17(13-9-14(22)10-13)8-12-4-2-1-3-5-12/h1-7,11,13-14,17,22H,8-10H2,(H,21,23). The molecular formula is C18H19ClN2O2. The van der Waals surface area contributed by atoms with E-state index in [1.54, 1.807) is 12.3 Å². The number of aromatic nitrogens is 1. The zero-order valence-corrected chi connectivity index (χ0v) is 13.4. The van der Waals surface area contributed by atoms with E-state index in [1.165, 1.54) is 11.8 Å². The zero-order valence-electron chi connectivity index (χ0n) is 12.7. The van der Waals surface area contributed by atoms with Crippen LogP contribution in [0.5, 0.6) is 0 Å². The van der Waals surface area contributed by atoms with E-state index in [4.69, 9.17) is 11.6 Å². The third-order valence-corrected chi connectivity index (χ3v) is 4.65. The van der Waals surface area contributed by atoms with Crippen LogP contribution in [0.25, 0.3) is 0 Å². The van der Waals surface area contributed by atoms with Crippen LogP contribution in [0.4, 0.5) is 0 Å². The number of nitrogens with one attached hydrogen (secondary N) is 1. The molecule has 0 bridgehead atoms. The summed E-state index contributed by atoms with van der Waals surface area (Å²) in [4.78, 5) is 16.4. The van der Waals surface area contributed by atoms with Gasteiger partial charge in [-0.2, -0.15) is 0 Å². The van der Waals surface area contributed by atoms with Crippen molar-refractivity contribution in [2.45, 2.75) is 31.4 Å². The van der Waals surface area contributed by atoms with Gasteiger partial charge in [-0.15, -0.1) is 0 Å². The number of benzene rings is 1. The van der Waals surface area contributed by atoms with Gasteiger partial charge in [0.15, 0.2) is 0 Å². The summed E-state index contributed by atoms with van der Waals surface area (Å²) in [5.74, 6) is 0.0921. The van der Waals surface area contributed by atoms with Gasteiger partial charge in [0.1, 0.15) is 0 Å². The van der Waals surface area contributed by atoms with Crippen molar-refractivity contribution in [2.24, 2.45) is 5.92 Å². The van der Waals surface area contributed by atoms with Crippen molar-refractivity contribution in [3.05, 3.63) is 64.9 Å². The molecule has 1 aromatic carbocycles. The van der Waals surface area contributed by atoms with Crippen LogP contribution in [0.3, 0.4) is 0 Å². The molecule has 1 saturated carbocycles. The maximum absolute atomic E-state index is 12.5. The summed E-state index contributed by atoms with van der Waals surface area (Å²) in [6, 6.07) is 11.7. The van der Waals surface area contributed by atoms with Crippen LogP contribution in [-0.2, 0) is 6.42 Å². The van der Waals surface area contributed by atoms with Crippen LogP contribution >= 0.6 is 11.6 Å². The van der Waals surface area contributed by atoms with E-state index in [0.717, 1.165) is 19.3 Å². The zero-order chi connectivity index (χ0) is 16.2. The molecule has 1 aliphatic carbocycles. The number of nitrogens with zero attached hydrogens (tertiary/aromatic N) is 1. The summed E-state index contributed by atoms with van der Waals surface area (Å²) >= 11 is 6.05. The second kappa shape index (κ2) is 7.11. The average molecular weight is 331 g/mol. The van der Waals surface area contributed by atoms with Gasteiger partial charge in [-0.1, -0.05) is 41.9 Å². The van der Waals surface area contributed by atoms with Crippen molar-refractivity contribution >= 4 is 17.5 Å². The first kappa shape index (κ1) is 16.0. The first-order valence-electron chi connectivity index (χ1n) is 7.76. The summed E-state index contributed by atoms with van der Waals surface area (Å²) in [5.41, 5.74) is 1.60. The van der Waals surface area contributed by atoms with Gasteiger partial charge in [0, 0.05) is 18.4 Å². The Hall–Kier alpha value is -1.91. The van der Waals surface area contributed by atoms with Crippen LogP contribution in [0, 0.1) is 5.92 Å². The lowest BCUT2D eigenvalue weighted by Crippen LogP contribution is -2.48. The molecule has 0 radical (unpaired) electrons. The molecule has 120 valence electrons. The van der Waals surface area contributed by atoms with Gasteiger partial charge in [-0.25, -0.2) is 0 Å². The van der Waals surface area contributed by atoms with Crippen LogP contribution in [0.2, 0.25) is 5.02 Å². The Balaban J connectivity index is 1.73. The van der Waals surface area contributed by atoms with E-state index in [0.29, 0.717) is 10.6 Å². The van der Waals surface area contributed by atoms with Crippen molar-refractivity contribution in [3.8, 4) is 0 Å². The highest BCUT2D eigenvalue weighted by molar-refractivity contribution is 6.33. The average Bonchev–Trinajstić information content (AvgIpc) is 2.52. The Morgan fingerprint density at radius 3 is 2.70 bits per heavy atom. The van der Waals surface area contributed by atoms with Gasteiger partial charge < -0.3 is 10.4 Å². The first-order chi connectivity index (χ1) is 11.1. The minimum atomic E-state index is -0.250. The summed E-state index contributed by atoms with van der Waals surface area (Å²) in [7, 11) is 0. The normalized spacial score (nSPS) is 21.3. The molecule has 1 aliphatic rings. The second-order valence-electron chi connectivity index (χ2n) is 6.01. The van der Waals surface area contributed by atoms with E-state index < -0.39 is 0 Å². The minimum Gasteiger partial charge on any atom is -0.393 e. The van der Waals surface area contributed by atoms with Crippen LogP contribution in [0.1, 0.15) is 28.8 Å². The molecule has 23 heavy (non-hydrogen) atoms.